The molecule has 2 aromatic rings. The molecule has 6 nitrogen and oxygen atoms in total. The van der Waals surface area contributed by atoms with Crippen molar-refractivity contribution in [2.45, 2.75) is 6.92 Å². The van der Waals surface area contributed by atoms with E-state index >= 15 is 0 Å². The number of nitrogens with one attached hydrogen (secondary N) is 3. The Morgan fingerprint density at radius 1 is 1.30 bits per heavy atom. The minimum absolute atomic E-state index is 0.181. The molecule has 0 aromatic carbocycles. The maximum Gasteiger partial charge on any atom is 0.221 e. The Morgan fingerprint density at radius 3 is 2.70 bits per heavy atom. The van der Waals surface area contributed by atoms with Gasteiger partial charge in [-0.1, -0.05) is 6.07 Å². The van der Waals surface area contributed by atoms with Gasteiger partial charge in [-0.05, 0) is 18.2 Å². The Balaban J connectivity index is 2.43. The second-order valence-electron chi connectivity index (χ2n) is 4.14. The summed E-state index contributed by atoms with van der Waals surface area (Å²) in [6.45, 7) is 1.43. The van der Waals surface area contributed by atoms with Crippen LogP contribution in [0.3, 0.4) is 0 Å². The van der Waals surface area contributed by atoms with Crippen molar-refractivity contribution in [2.75, 3.05) is 17.7 Å². The van der Waals surface area contributed by atoms with Crippen molar-refractivity contribution < 1.29 is 4.79 Å². The van der Waals surface area contributed by atoms with Gasteiger partial charge in [0.1, 0.15) is 5.82 Å². The van der Waals surface area contributed by atoms with Crippen LogP contribution in [0.1, 0.15) is 18.2 Å². The normalized spacial score (nSPS) is 9.90. The number of aromatic nitrogens is 2. The minimum atomic E-state index is -0.181. The Morgan fingerprint density at radius 2 is 2.10 bits per heavy atom. The molecule has 20 heavy (non-hydrogen) atoms. The van der Waals surface area contributed by atoms with Crippen LogP contribution >= 0.6 is 0 Å². The van der Waals surface area contributed by atoms with Crippen LogP contribution in [0, 0.1) is 5.41 Å². The molecule has 2 heterocycles. The highest BCUT2D eigenvalue weighted by Gasteiger charge is 2.13. The van der Waals surface area contributed by atoms with Gasteiger partial charge in [-0.2, -0.15) is 0 Å². The lowest BCUT2D eigenvalue weighted by atomic mass is 10.1. The zero-order chi connectivity index (χ0) is 14.5. The Bertz CT molecular complexity index is 639. The molecular weight excluding hydrogens is 254 g/mol. The molecule has 0 aliphatic carbocycles. The molecule has 0 unspecified atom stereocenters. The molecule has 6 heteroatoms. The molecule has 0 aliphatic rings. The van der Waals surface area contributed by atoms with Crippen LogP contribution in [-0.4, -0.2) is 28.6 Å². The highest BCUT2D eigenvalue weighted by Crippen LogP contribution is 2.20. The van der Waals surface area contributed by atoms with Crippen LogP contribution < -0.4 is 10.6 Å². The molecule has 0 saturated carbocycles. The molecular formula is C14H15N5O. The van der Waals surface area contributed by atoms with Gasteiger partial charge in [0.15, 0.2) is 0 Å². The van der Waals surface area contributed by atoms with Crippen molar-refractivity contribution >= 4 is 23.1 Å². The van der Waals surface area contributed by atoms with E-state index in [-0.39, 0.29) is 11.6 Å². The summed E-state index contributed by atoms with van der Waals surface area (Å²) in [5.41, 5.74) is 1.92. The first-order valence-electron chi connectivity index (χ1n) is 6.07. The van der Waals surface area contributed by atoms with E-state index in [2.05, 4.69) is 20.6 Å². The fourth-order valence-electron chi connectivity index (χ4n) is 1.77. The van der Waals surface area contributed by atoms with E-state index in [1.54, 1.807) is 37.6 Å². The third-order valence-corrected chi connectivity index (χ3v) is 2.64. The van der Waals surface area contributed by atoms with Gasteiger partial charge < -0.3 is 10.6 Å². The standard InChI is InChI=1S/C14H15N5O/c1-9(20)19-10-7-11(14(16-2)18-8-10)13(15)12-5-3-4-6-17-12/h3-8,15H,1-2H3,(H,16,18)(H,19,20). The second kappa shape index (κ2) is 5.92. The third kappa shape index (κ3) is 2.97. The first kappa shape index (κ1) is 13.7. The molecule has 0 spiro atoms. The van der Waals surface area contributed by atoms with Gasteiger partial charge in [-0.15, -0.1) is 0 Å². The highest BCUT2D eigenvalue weighted by molar-refractivity contribution is 6.13. The largest absolute Gasteiger partial charge is 0.373 e. The summed E-state index contributed by atoms with van der Waals surface area (Å²) in [4.78, 5) is 19.5. The number of carbonyl (C=O) groups is 1. The van der Waals surface area contributed by atoms with Crippen LogP contribution in [0.5, 0.6) is 0 Å². The molecule has 2 rings (SSSR count). The predicted molar refractivity (Wildman–Crippen MR) is 78.3 cm³/mol. The number of rotatable bonds is 4. The first-order chi connectivity index (χ1) is 9.61. The monoisotopic (exact) mass is 269 g/mol. The highest BCUT2D eigenvalue weighted by atomic mass is 16.1. The molecule has 0 saturated heterocycles. The molecule has 0 radical (unpaired) electrons. The van der Waals surface area contributed by atoms with Crippen molar-refractivity contribution in [2.24, 2.45) is 0 Å². The van der Waals surface area contributed by atoms with Crippen molar-refractivity contribution in [1.82, 2.24) is 9.97 Å². The number of hydrogen-bond donors (Lipinski definition) is 3. The van der Waals surface area contributed by atoms with Gasteiger partial charge in [-0.3, -0.25) is 15.2 Å². The van der Waals surface area contributed by atoms with E-state index in [1.807, 2.05) is 6.07 Å². The van der Waals surface area contributed by atoms with Gasteiger partial charge in [0.25, 0.3) is 0 Å². The molecule has 3 N–H and O–H groups in total. The number of carbonyl (C=O) groups excluding carboxylic acids is 1. The van der Waals surface area contributed by atoms with Gasteiger partial charge in [-0.25, -0.2) is 4.98 Å². The third-order valence-electron chi connectivity index (χ3n) is 2.64. The van der Waals surface area contributed by atoms with Crippen LogP contribution in [-0.2, 0) is 4.79 Å². The summed E-state index contributed by atoms with van der Waals surface area (Å²) in [6, 6.07) is 7.08. The minimum Gasteiger partial charge on any atom is -0.373 e. The molecule has 0 bridgehead atoms. The summed E-state index contributed by atoms with van der Waals surface area (Å²) in [5, 5.41) is 13.8. The number of nitrogens with zero attached hydrogens (tertiary/aromatic N) is 2. The van der Waals surface area contributed by atoms with Crippen molar-refractivity contribution in [3.63, 3.8) is 0 Å². The van der Waals surface area contributed by atoms with Crippen LogP contribution in [0.25, 0.3) is 0 Å². The maximum atomic E-state index is 11.1. The van der Waals surface area contributed by atoms with Crippen LogP contribution in [0.2, 0.25) is 0 Å². The average Bonchev–Trinajstić information content (AvgIpc) is 2.46. The lowest BCUT2D eigenvalue weighted by Gasteiger charge is -2.11. The molecule has 0 aliphatic heterocycles. The van der Waals surface area contributed by atoms with Gasteiger partial charge in [0, 0.05) is 25.7 Å². The summed E-state index contributed by atoms with van der Waals surface area (Å²) in [5.74, 6) is 0.383. The van der Waals surface area contributed by atoms with E-state index in [4.69, 9.17) is 5.41 Å². The molecule has 2 aromatic heterocycles. The summed E-state index contributed by atoms with van der Waals surface area (Å²) in [7, 11) is 1.73. The van der Waals surface area contributed by atoms with E-state index in [0.717, 1.165) is 0 Å². The zero-order valence-corrected chi connectivity index (χ0v) is 11.3. The summed E-state index contributed by atoms with van der Waals surface area (Å²) < 4.78 is 0. The molecule has 102 valence electrons. The predicted octanol–water partition coefficient (Wildman–Crippen LogP) is 1.89. The van der Waals surface area contributed by atoms with Crippen molar-refractivity contribution in [3.05, 3.63) is 47.9 Å². The van der Waals surface area contributed by atoms with Gasteiger partial charge >= 0.3 is 0 Å². The van der Waals surface area contributed by atoms with Crippen LogP contribution in [0.4, 0.5) is 11.5 Å². The average molecular weight is 269 g/mol. The lowest BCUT2D eigenvalue weighted by molar-refractivity contribution is -0.114. The zero-order valence-electron chi connectivity index (χ0n) is 11.3. The SMILES string of the molecule is CNc1ncc(NC(C)=O)cc1C(=N)c1ccccn1. The summed E-state index contributed by atoms with van der Waals surface area (Å²) >= 11 is 0. The topological polar surface area (TPSA) is 90.8 Å². The first-order valence-corrected chi connectivity index (χ1v) is 6.07. The number of amides is 1. The Hall–Kier alpha value is -2.76. The number of hydrogen-bond acceptors (Lipinski definition) is 5. The fourth-order valence-corrected chi connectivity index (χ4v) is 1.77. The fraction of sp³-hybridized carbons (Fsp3) is 0.143. The Kier molecular flexibility index (Phi) is 4.05. The van der Waals surface area contributed by atoms with E-state index < -0.39 is 0 Å². The maximum absolute atomic E-state index is 11.1. The quantitative estimate of drug-likeness (QED) is 0.739. The Labute approximate surface area is 116 Å². The van der Waals surface area contributed by atoms with Crippen molar-refractivity contribution in [1.29, 1.82) is 5.41 Å². The summed E-state index contributed by atoms with van der Waals surface area (Å²) in [6.07, 6.45) is 3.18. The van der Waals surface area contributed by atoms with Crippen LogP contribution in [0.15, 0.2) is 36.7 Å². The van der Waals surface area contributed by atoms with E-state index in [9.17, 15) is 4.79 Å². The lowest BCUT2D eigenvalue weighted by Crippen LogP contribution is -2.12. The molecule has 1 amide bonds. The smallest absolute Gasteiger partial charge is 0.221 e. The number of pyridine rings is 2. The van der Waals surface area contributed by atoms with Gasteiger partial charge in [0.05, 0.1) is 23.3 Å². The van der Waals surface area contributed by atoms with E-state index in [1.165, 1.54) is 6.92 Å². The molecule has 0 fully saturated rings. The molecule has 0 atom stereocenters. The van der Waals surface area contributed by atoms with Crippen molar-refractivity contribution in [3.8, 4) is 0 Å². The number of anilines is 2. The second-order valence-corrected chi connectivity index (χ2v) is 4.14. The van der Waals surface area contributed by atoms with Gasteiger partial charge in [0.2, 0.25) is 5.91 Å². The van der Waals surface area contributed by atoms with E-state index in [0.29, 0.717) is 22.8 Å².